The first-order valence-electron chi connectivity index (χ1n) is 6.09. The summed E-state index contributed by atoms with van der Waals surface area (Å²) in [6.45, 7) is 2.00. The number of nitrogens with two attached hydrogens (primary N) is 1. The number of hydrogen-bond donors (Lipinski definition) is 1. The molecule has 0 saturated carbocycles. The molecule has 0 bridgehead atoms. The minimum Gasteiger partial charge on any atom is -0.362 e. The molecule has 0 unspecified atom stereocenters. The maximum atomic E-state index is 13.7. The second-order valence-electron chi connectivity index (χ2n) is 4.57. The lowest BCUT2D eigenvalue weighted by Crippen LogP contribution is -2.34. The fraction of sp³-hybridized carbons (Fsp3) is 0.462. The number of amides is 1. The Morgan fingerprint density at radius 1 is 1.39 bits per heavy atom. The van der Waals surface area contributed by atoms with Crippen LogP contribution in [0, 0.1) is 5.82 Å². The van der Waals surface area contributed by atoms with Gasteiger partial charge in [-0.25, -0.2) is 4.39 Å². The van der Waals surface area contributed by atoms with Crippen LogP contribution in [0.3, 0.4) is 0 Å². The first-order valence-corrected chi connectivity index (χ1v) is 6.09. The summed E-state index contributed by atoms with van der Waals surface area (Å²) >= 11 is 0. The van der Waals surface area contributed by atoms with Crippen LogP contribution in [0.25, 0.3) is 0 Å². The molecular weight excluding hydrogens is 233 g/mol. The van der Waals surface area contributed by atoms with Gasteiger partial charge >= 0.3 is 0 Å². The normalized spacial score (nSPS) is 16.9. The molecule has 1 amide bonds. The molecule has 0 aliphatic carbocycles. The third-order valence-electron chi connectivity index (χ3n) is 3.30. The van der Waals surface area contributed by atoms with E-state index in [1.165, 1.54) is 6.07 Å². The Kier molecular flexibility index (Phi) is 3.81. The van der Waals surface area contributed by atoms with E-state index in [2.05, 4.69) is 0 Å². The Morgan fingerprint density at radius 3 is 2.83 bits per heavy atom. The predicted octanol–water partition coefficient (Wildman–Crippen LogP) is 0.953. The number of hydrogen-bond acceptors (Lipinski definition) is 3. The molecule has 2 N–H and O–H groups in total. The molecule has 1 aromatic rings. The van der Waals surface area contributed by atoms with Crippen molar-refractivity contribution in [1.29, 1.82) is 0 Å². The maximum Gasteiger partial charge on any atom is 0.241 e. The lowest BCUT2D eigenvalue weighted by molar-refractivity contribution is -0.127. The third-order valence-corrected chi connectivity index (χ3v) is 3.30. The van der Waals surface area contributed by atoms with Gasteiger partial charge in [0.25, 0.3) is 0 Å². The summed E-state index contributed by atoms with van der Waals surface area (Å²) in [5.74, 6) is -0.240. The molecular formula is C13H18FN3O. The van der Waals surface area contributed by atoms with Crippen LogP contribution in [0.5, 0.6) is 0 Å². The van der Waals surface area contributed by atoms with E-state index < -0.39 is 0 Å². The summed E-state index contributed by atoms with van der Waals surface area (Å²) in [5, 5.41) is 0. The van der Waals surface area contributed by atoms with E-state index in [0.29, 0.717) is 12.1 Å². The molecule has 18 heavy (non-hydrogen) atoms. The van der Waals surface area contributed by atoms with Gasteiger partial charge < -0.3 is 15.5 Å². The molecule has 1 aliphatic rings. The Balaban J connectivity index is 2.20. The topological polar surface area (TPSA) is 49.6 Å². The molecule has 1 aliphatic heterocycles. The van der Waals surface area contributed by atoms with Gasteiger partial charge in [-0.1, -0.05) is 6.07 Å². The standard InChI is InChI=1S/C13H18FN3O/c1-16-5-2-6-17(9-13(16)18)11-4-3-10(8-15)12(14)7-11/h3-4,7H,2,5-6,8-9,15H2,1H3. The zero-order chi connectivity index (χ0) is 13.1. The van der Waals surface area contributed by atoms with Crippen molar-refractivity contribution in [2.75, 3.05) is 31.6 Å². The summed E-state index contributed by atoms with van der Waals surface area (Å²) in [7, 11) is 1.80. The van der Waals surface area contributed by atoms with Crippen molar-refractivity contribution in [3.63, 3.8) is 0 Å². The third kappa shape index (κ3) is 2.61. The number of carbonyl (C=O) groups is 1. The fourth-order valence-electron chi connectivity index (χ4n) is 2.11. The van der Waals surface area contributed by atoms with Gasteiger partial charge in [-0.2, -0.15) is 0 Å². The number of carbonyl (C=O) groups excluding carboxylic acids is 1. The first-order chi connectivity index (χ1) is 8.61. The fourth-order valence-corrected chi connectivity index (χ4v) is 2.11. The first kappa shape index (κ1) is 12.8. The van der Waals surface area contributed by atoms with Gasteiger partial charge in [0.1, 0.15) is 5.82 Å². The number of benzene rings is 1. The average Bonchev–Trinajstić information content (AvgIpc) is 2.52. The Labute approximate surface area is 106 Å². The van der Waals surface area contributed by atoms with E-state index in [9.17, 15) is 9.18 Å². The summed E-state index contributed by atoms with van der Waals surface area (Å²) in [4.78, 5) is 15.4. The van der Waals surface area contributed by atoms with Crippen LogP contribution >= 0.6 is 0 Å². The number of anilines is 1. The number of halogens is 1. The van der Waals surface area contributed by atoms with Crippen molar-refractivity contribution in [2.24, 2.45) is 5.73 Å². The van der Waals surface area contributed by atoms with Crippen molar-refractivity contribution in [2.45, 2.75) is 13.0 Å². The Morgan fingerprint density at radius 2 is 2.17 bits per heavy atom. The van der Waals surface area contributed by atoms with Crippen molar-refractivity contribution in [1.82, 2.24) is 4.90 Å². The van der Waals surface area contributed by atoms with Crippen LogP contribution in [0.15, 0.2) is 18.2 Å². The quantitative estimate of drug-likeness (QED) is 0.851. The summed E-state index contributed by atoms with van der Waals surface area (Å²) in [6, 6.07) is 4.97. The van der Waals surface area contributed by atoms with Crippen molar-refractivity contribution in [3.05, 3.63) is 29.6 Å². The summed E-state index contributed by atoms with van der Waals surface area (Å²) in [5.41, 5.74) is 6.67. The van der Waals surface area contributed by atoms with Gasteiger partial charge in [-0.05, 0) is 18.6 Å². The predicted molar refractivity (Wildman–Crippen MR) is 68.8 cm³/mol. The van der Waals surface area contributed by atoms with Crippen LogP contribution < -0.4 is 10.6 Å². The van der Waals surface area contributed by atoms with Crippen LogP contribution in [0.1, 0.15) is 12.0 Å². The molecule has 5 heteroatoms. The molecule has 1 saturated heterocycles. The Bertz CT molecular complexity index is 450. The van der Waals surface area contributed by atoms with E-state index in [1.54, 1.807) is 18.0 Å². The van der Waals surface area contributed by atoms with E-state index in [4.69, 9.17) is 5.73 Å². The molecule has 0 atom stereocenters. The number of nitrogens with zero attached hydrogens (tertiary/aromatic N) is 2. The van der Waals surface area contributed by atoms with Crippen LogP contribution in [0.2, 0.25) is 0 Å². The molecule has 1 aromatic carbocycles. The number of likely N-dealkylation sites (N-methyl/N-ethyl adjacent to an activating group) is 1. The van der Waals surface area contributed by atoms with E-state index in [1.807, 2.05) is 11.0 Å². The largest absolute Gasteiger partial charge is 0.362 e. The molecule has 4 nitrogen and oxygen atoms in total. The monoisotopic (exact) mass is 251 g/mol. The van der Waals surface area contributed by atoms with Gasteiger partial charge in [0.15, 0.2) is 0 Å². The molecule has 0 spiro atoms. The van der Waals surface area contributed by atoms with Crippen LogP contribution in [-0.4, -0.2) is 37.5 Å². The second-order valence-corrected chi connectivity index (χ2v) is 4.57. The highest BCUT2D eigenvalue weighted by molar-refractivity contribution is 5.81. The highest BCUT2D eigenvalue weighted by Gasteiger charge is 2.19. The van der Waals surface area contributed by atoms with Crippen molar-refractivity contribution >= 4 is 11.6 Å². The SMILES string of the molecule is CN1CCCN(c2ccc(CN)c(F)c2)CC1=O. The molecule has 1 heterocycles. The minimum atomic E-state index is -0.306. The maximum absolute atomic E-state index is 13.7. The average molecular weight is 251 g/mol. The van der Waals surface area contributed by atoms with E-state index in [0.717, 1.165) is 25.2 Å². The van der Waals surface area contributed by atoms with Gasteiger partial charge in [0, 0.05) is 37.9 Å². The van der Waals surface area contributed by atoms with Crippen molar-refractivity contribution < 1.29 is 9.18 Å². The molecule has 2 rings (SSSR count). The minimum absolute atomic E-state index is 0.0656. The lowest BCUT2D eigenvalue weighted by atomic mass is 10.1. The van der Waals surface area contributed by atoms with Crippen LogP contribution in [-0.2, 0) is 11.3 Å². The molecule has 0 aromatic heterocycles. The van der Waals surface area contributed by atoms with E-state index >= 15 is 0 Å². The molecule has 98 valence electrons. The highest BCUT2D eigenvalue weighted by Crippen LogP contribution is 2.20. The molecule has 1 fully saturated rings. The van der Waals surface area contributed by atoms with Crippen molar-refractivity contribution in [3.8, 4) is 0 Å². The van der Waals surface area contributed by atoms with Crippen LogP contribution in [0.4, 0.5) is 10.1 Å². The smallest absolute Gasteiger partial charge is 0.241 e. The van der Waals surface area contributed by atoms with Gasteiger partial charge in [-0.15, -0.1) is 0 Å². The zero-order valence-electron chi connectivity index (χ0n) is 10.5. The highest BCUT2D eigenvalue weighted by atomic mass is 19.1. The van der Waals surface area contributed by atoms with Gasteiger partial charge in [-0.3, -0.25) is 4.79 Å². The van der Waals surface area contributed by atoms with Gasteiger partial charge in [0.2, 0.25) is 5.91 Å². The Hall–Kier alpha value is -1.62. The second kappa shape index (κ2) is 5.35. The lowest BCUT2D eigenvalue weighted by Gasteiger charge is -2.22. The summed E-state index contributed by atoms with van der Waals surface area (Å²) < 4.78 is 13.7. The number of rotatable bonds is 2. The van der Waals surface area contributed by atoms with E-state index in [-0.39, 0.29) is 18.3 Å². The molecule has 0 radical (unpaired) electrons. The zero-order valence-corrected chi connectivity index (χ0v) is 10.5. The van der Waals surface area contributed by atoms with Gasteiger partial charge in [0.05, 0.1) is 6.54 Å². The summed E-state index contributed by atoms with van der Waals surface area (Å²) in [6.07, 6.45) is 0.891.